The van der Waals surface area contributed by atoms with Gasteiger partial charge in [0.05, 0.1) is 5.52 Å². The van der Waals surface area contributed by atoms with Crippen molar-refractivity contribution in [2.24, 2.45) is 5.73 Å². The van der Waals surface area contributed by atoms with Crippen LogP contribution in [0.1, 0.15) is 29.8 Å². The van der Waals surface area contributed by atoms with E-state index in [1.165, 1.54) is 0 Å². The van der Waals surface area contributed by atoms with Crippen molar-refractivity contribution in [3.05, 3.63) is 41.6 Å². The second-order valence-corrected chi connectivity index (χ2v) is 3.28. The SMILES string of the molecule is CC.Cc1cnc2ccc(C(N)=O)cc2c1. The number of rotatable bonds is 1. The van der Waals surface area contributed by atoms with Gasteiger partial charge in [-0.3, -0.25) is 9.78 Å². The van der Waals surface area contributed by atoms with Crippen LogP contribution >= 0.6 is 0 Å². The zero-order chi connectivity index (χ0) is 12.1. The Bertz CT molecular complexity index is 506. The van der Waals surface area contributed by atoms with Gasteiger partial charge >= 0.3 is 0 Å². The van der Waals surface area contributed by atoms with Crippen LogP contribution in [0.4, 0.5) is 0 Å². The molecule has 0 unspecified atom stereocenters. The predicted octanol–water partition coefficient (Wildman–Crippen LogP) is 2.67. The summed E-state index contributed by atoms with van der Waals surface area (Å²) in [6.45, 7) is 5.96. The van der Waals surface area contributed by atoms with Gasteiger partial charge in [-0.15, -0.1) is 0 Å². The molecule has 2 N–H and O–H groups in total. The molecule has 0 radical (unpaired) electrons. The Hall–Kier alpha value is -1.90. The predicted molar refractivity (Wildman–Crippen MR) is 66.3 cm³/mol. The van der Waals surface area contributed by atoms with E-state index in [-0.39, 0.29) is 0 Å². The molecule has 16 heavy (non-hydrogen) atoms. The van der Waals surface area contributed by atoms with Crippen molar-refractivity contribution in [2.75, 3.05) is 0 Å². The van der Waals surface area contributed by atoms with Crippen molar-refractivity contribution in [3.63, 3.8) is 0 Å². The summed E-state index contributed by atoms with van der Waals surface area (Å²) in [4.78, 5) is 15.2. The summed E-state index contributed by atoms with van der Waals surface area (Å²) in [6, 6.07) is 7.23. The maximum absolute atomic E-state index is 10.9. The van der Waals surface area contributed by atoms with Crippen LogP contribution in [0.15, 0.2) is 30.5 Å². The Balaban J connectivity index is 0.000000606. The van der Waals surface area contributed by atoms with Crippen molar-refractivity contribution in [3.8, 4) is 0 Å². The van der Waals surface area contributed by atoms with Crippen LogP contribution in [0, 0.1) is 6.92 Å². The van der Waals surface area contributed by atoms with E-state index >= 15 is 0 Å². The monoisotopic (exact) mass is 216 g/mol. The lowest BCUT2D eigenvalue weighted by Crippen LogP contribution is -2.10. The van der Waals surface area contributed by atoms with Gasteiger partial charge in [0.15, 0.2) is 0 Å². The van der Waals surface area contributed by atoms with Crippen LogP contribution in [-0.4, -0.2) is 10.9 Å². The second kappa shape index (κ2) is 5.26. The molecule has 0 aliphatic carbocycles. The highest BCUT2D eigenvalue weighted by molar-refractivity contribution is 5.96. The molecule has 1 aromatic carbocycles. The van der Waals surface area contributed by atoms with Gasteiger partial charge in [-0.1, -0.05) is 13.8 Å². The molecule has 0 fully saturated rings. The lowest BCUT2D eigenvalue weighted by atomic mass is 10.1. The van der Waals surface area contributed by atoms with E-state index in [0.29, 0.717) is 5.56 Å². The number of nitrogens with two attached hydrogens (primary N) is 1. The van der Waals surface area contributed by atoms with Crippen molar-refractivity contribution >= 4 is 16.8 Å². The molecule has 0 aliphatic rings. The molecule has 1 aromatic heterocycles. The maximum atomic E-state index is 10.9. The Morgan fingerprint density at radius 1 is 1.25 bits per heavy atom. The molecule has 1 heterocycles. The Morgan fingerprint density at radius 2 is 1.94 bits per heavy atom. The number of aromatic nitrogens is 1. The summed E-state index contributed by atoms with van der Waals surface area (Å²) in [5.74, 6) is -0.409. The average molecular weight is 216 g/mol. The molecular weight excluding hydrogens is 200 g/mol. The smallest absolute Gasteiger partial charge is 0.248 e. The highest BCUT2D eigenvalue weighted by atomic mass is 16.1. The van der Waals surface area contributed by atoms with Gasteiger partial charge < -0.3 is 5.73 Å². The van der Waals surface area contributed by atoms with E-state index in [0.717, 1.165) is 16.5 Å². The number of carbonyl (C=O) groups excluding carboxylic acids is 1. The van der Waals surface area contributed by atoms with Gasteiger partial charge in [0.25, 0.3) is 0 Å². The Labute approximate surface area is 95.3 Å². The van der Waals surface area contributed by atoms with Crippen LogP contribution in [0.2, 0.25) is 0 Å². The minimum atomic E-state index is -0.409. The van der Waals surface area contributed by atoms with E-state index in [4.69, 9.17) is 5.73 Å². The number of hydrogen-bond acceptors (Lipinski definition) is 2. The number of aryl methyl sites for hydroxylation is 1. The molecular formula is C13H16N2O. The molecule has 0 spiro atoms. The number of benzene rings is 1. The van der Waals surface area contributed by atoms with Gasteiger partial charge in [-0.05, 0) is 36.8 Å². The lowest BCUT2D eigenvalue weighted by Gasteiger charge is -2.00. The number of primary amides is 1. The number of hydrogen-bond donors (Lipinski definition) is 1. The summed E-state index contributed by atoms with van der Waals surface area (Å²) in [6.07, 6.45) is 1.80. The Morgan fingerprint density at radius 3 is 2.56 bits per heavy atom. The molecule has 0 atom stereocenters. The van der Waals surface area contributed by atoms with Crippen molar-refractivity contribution in [1.29, 1.82) is 0 Å². The van der Waals surface area contributed by atoms with Gasteiger partial charge in [0.1, 0.15) is 0 Å². The number of nitrogens with zero attached hydrogens (tertiary/aromatic N) is 1. The first-order chi connectivity index (χ1) is 7.66. The minimum Gasteiger partial charge on any atom is -0.366 e. The highest BCUT2D eigenvalue weighted by Gasteiger charge is 2.01. The second-order valence-electron chi connectivity index (χ2n) is 3.28. The standard InChI is InChI=1S/C11H10N2O.C2H6/c1-7-4-9-5-8(11(12)14)2-3-10(9)13-6-7;1-2/h2-6H,1H3,(H2,12,14);1-2H3. The summed E-state index contributed by atoms with van der Waals surface area (Å²) >= 11 is 0. The topological polar surface area (TPSA) is 56.0 Å². The molecule has 2 aromatic rings. The molecule has 3 heteroatoms. The molecule has 0 bridgehead atoms. The molecule has 3 nitrogen and oxygen atoms in total. The molecule has 1 amide bonds. The van der Waals surface area contributed by atoms with Crippen molar-refractivity contribution in [2.45, 2.75) is 20.8 Å². The molecule has 0 aliphatic heterocycles. The molecule has 2 rings (SSSR count). The maximum Gasteiger partial charge on any atom is 0.248 e. The quantitative estimate of drug-likeness (QED) is 0.796. The summed E-state index contributed by atoms with van der Waals surface area (Å²) in [7, 11) is 0. The molecule has 0 saturated heterocycles. The zero-order valence-electron chi connectivity index (χ0n) is 9.82. The van der Waals surface area contributed by atoms with Gasteiger partial charge in [-0.2, -0.15) is 0 Å². The molecule has 84 valence electrons. The lowest BCUT2D eigenvalue weighted by molar-refractivity contribution is 0.100. The normalized spacial score (nSPS) is 9.44. The summed E-state index contributed by atoms with van der Waals surface area (Å²) in [5, 5.41) is 0.946. The van der Waals surface area contributed by atoms with E-state index in [2.05, 4.69) is 4.98 Å². The minimum absolute atomic E-state index is 0.409. The first kappa shape index (κ1) is 12.2. The van der Waals surface area contributed by atoms with Crippen LogP contribution in [0.25, 0.3) is 10.9 Å². The third-order valence-electron chi connectivity index (χ3n) is 2.10. The fraction of sp³-hybridized carbons (Fsp3) is 0.231. The van der Waals surface area contributed by atoms with E-state index in [1.54, 1.807) is 24.4 Å². The highest BCUT2D eigenvalue weighted by Crippen LogP contribution is 2.14. The summed E-state index contributed by atoms with van der Waals surface area (Å²) < 4.78 is 0. The van der Waals surface area contributed by atoms with Crippen molar-refractivity contribution in [1.82, 2.24) is 4.98 Å². The fourth-order valence-corrected chi connectivity index (χ4v) is 1.39. The van der Waals surface area contributed by atoms with E-state index < -0.39 is 5.91 Å². The van der Waals surface area contributed by atoms with Crippen LogP contribution < -0.4 is 5.73 Å². The van der Waals surface area contributed by atoms with Gasteiger partial charge in [0, 0.05) is 17.1 Å². The van der Waals surface area contributed by atoms with Gasteiger partial charge in [0.2, 0.25) is 5.91 Å². The zero-order valence-corrected chi connectivity index (χ0v) is 9.82. The largest absolute Gasteiger partial charge is 0.366 e. The third kappa shape index (κ3) is 2.57. The number of amides is 1. The first-order valence-electron chi connectivity index (χ1n) is 5.33. The number of fused-ring (bicyclic) bond motifs is 1. The van der Waals surface area contributed by atoms with E-state index in [1.807, 2.05) is 26.8 Å². The third-order valence-corrected chi connectivity index (χ3v) is 2.10. The van der Waals surface area contributed by atoms with Gasteiger partial charge in [-0.25, -0.2) is 0 Å². The van der Waals surface area contributed by atoms with Crippen molar-refractivity contribution < 1.29 is 4.79 Å². The number of carbonyl (C=O) groups is 1. The first-order valence-corrected chi connectivity index (χ1v) is 5.33. The fourth-order valence-electron chi connectivity index (χ4n) is 1.39. The molecule has 0 saturated carbocycles. The Kier molecular flexibility index (Phi) is 4.00. The van der Waals surface area contributed by atoms with Crippen LogP contribution in [-0.2, 0) is 0 Å². The average Bonchev–Trinajstić information content (AvgIpc) is 2.30. The number of pyridine rings is 1. The van der Waals surface area contributed by atoms with Crippen LogP contribution in [0.3, 0.4) is 0 Å². The summed E-state index contributed by atoms with van der Waals surface area (Å²) in [5.41, 5.74) is 7.65. The van der Waals surface area contributed by atoms with Crippen LogP contribution in [0.5, 0.6) is 0 Å². The van der Waals surface area contributed by atoms with E-state index in [9.17, 15) is 4.79 Å².